The van der Waals surface area contributed by atoms with E-state index in [4.69, 9.17) is 4.74 Å². The van der Waals surface area contributed by atoms with Gasteiger partial charge >= 0.3 is 0 Å². The number of methoxy groups -OCH3 is 1. The molecule has 0 fully saturated rings. The molecule has 0 bridgehead atoms. The normalized spacial score (nSPS) is 12.3. The van der Waals surface area contributed by atoms with Crippen LogP contribution in [0.3, 0.4) is 0 Å². The van der Waals surface area contributed by atoms with Crippen LogP contribution in [-0.2, 0) is 0 Å². The molecule has 120 valence electrons. The van der Waals surface area contributed by atoms with Crippen LogP contribution in [0.2, 0.25) is 0 Å². The monoisotopic (exact) mass is 405 g/mol. The highest BCUT2D eigenvalue weighted by Crippen LogP contribution is 2.21. The lowest BCUT2D eigenvalue weighted by molar-refractivity contribution is 0.414. The van der Waals surface area contributed by atoms with E-state index in [0.29, 0.717) is 5.92 Å². The highest BCUT2D eigenvalue weighted by molar-refractivity contribution is 14.0. The summed E-state index contributed by atoms with van der Waals surface area (Å²) < 4.78 is 5.18. The number of halogens is 1. The molecule has 0 aliphatic rings. The lowest BCUT2D eigenvalue weighted by Crippen LogP contribution is -2.36. The molecule has 1 rings (SSSR count). The molecule has 4 nitrogen and oxygen atoms in total. The average molecular weight is 405 g/mol. The number of nitrogens with zero attached hydrogens (tertiary/aromatic N) is 2. The van der Waals surface area contributed by atoms with Gasteiger partial charge in [0.25, 0.3) is 0 Å². The van der Waals surface area contributed by atoms with E-state index in [2.05, 4.69) is 36.3 Å². The Morgan fingerprint density at radius 3 is 2.38 bits per heavy atom. The zero-order valence-corrected chi connectivity index (χ0v) is 16.0. The summed E-state index contributed by atoms with van der Waals surface area (Å²) in [6.45, 7) is 6.04. The molecule has 0 saturated carbocycles. The van der Waals surface area contributed by atoms with Crippen LogP contribution in [0.1, 0.15) is 31.7 Å². The Hall–Kier alpha value is -0.980. The van der Waals surface area contributed by atoms with Crippen LogP contribution in [0, 0.1) is 0 Å². The van der Waals surface area contributed by atoms with Crippen molar-refractivity contribution < 1.29 is 4.74 Å². The molecule has 1 aromatic rings. The molecule has 1 aromatic carbocycles. The van der Waals surface area contributed by atoms with Crippen molar-refractivity contribution in [3.8, 4) is 5.75 Å². The quantitative estimate of drug-likeness (QED) is 0.448. The third kappa shape index (κ3) is 7.02. The molecule has 21 heavy (non-hydrogen) atoms. The van der Waals surface area contributed by atoms with Crippen molar-refractivity contribution in [2.45, 2.75) is 26.2 Å². The molecule has 0 radical (unpaired) electrons. The van der Waals surface area contributed by atoms with E-state index >= 15 is 0 Å². The molecule has 1 unspecified atom stereocenters. The first-order valence-electron chi connectivity index (χ1n) is 7.18. The van der Waals surface area contributed by atoms with Gasteiger partial charge in [0.05, 0.1) is 7.11 Å². The van der Waals surface area contributed by atoms with Crippen molar-refractivity contribution in [2.24, 2.45) is 4.99 Å². The third-order valence-corrected chi connectivity index (χ3v) is 3.27. The fraction of sp³-hybridized carbons (Fsp3) is 0.562. The van der Waals surface area contributed by atoms with Gasteiger partial charge in [0.1, 0.15) is 5.75 Å². The average Bonchev–Trinajstić information content (AvgIpc) is 2.46. The lowest BCUT2D eigenvalue weighted by Gasteiger charge is -2.17. The highest BCUT2D eigenvalue weighted by Gasteiger charge is 2.06. The fourth-order valence-corrected chi connectivity index (χ4v) is 1.98. The highest BCUT2D eigenvalue weighted by atomic mass is 127. The molecule has 0 amide bonds. The maximum absolute atomic E-state index is 5.18. The van der Waals surface area contributed by atoms with Crippen LogP contribution >= 0.6 is 24.0 Å². The molecule has 1 N–H and O–H groups in total. The van der Waals surface area contributed by atoms with Gasteiger partial charge in [-0.15, -0.1) is 24.0 Å². The number of guanidine groups is 1. The van der Waals surface area contributed by atoms with Gasteiger partial charge in [0.15, 0.2) is 5.96 Å². The summed E-state index contributed by atoms with van der Waals surface area (Å²) in [7, 11) is 5.71. The molecule has 0 saturated heterocycles. The molecule has 1 atom stereocenters. The van der Waals surface area contributed by atoms with Crippen LogP contribution in [0.25, 0.3) is 0 Å². The number of benzene rings is 1. The molecule has 0 aliphatic carbocycles. The van der Waals surface area contributed by atoms with Crippen molar-refractivity contribution in [3.05, 3.63) is 29.8 Å². The first-order chi connectivity index (χ1) is 9.58. The van der Waals surface area contributed by atoms with E-state index in [9.17, 15) is 0 Å². The van der Waals surface area contributed by atoms with Gasteiger partial charge in [0, 0.05) is 27.2 Å². The number of aliphatic imine (C=N–C) groups is 1. The number of hydrogen-bond donors (Lipinski definition) is 1. The minimum atomic E-state index is 0. The van der Waals surface area contributed by atoms with Crippen molar-refractivity contribution in [3.63, 3.8) is 0 Å². The fourth-order valence-electron chi connectivity index (χ4n) is 1.98. The lowest BCUT2D eigenvalue weighted by atomic mass is 9.98. The molecular weight excluding hydrogens is 377 g/mol. The van der Waals surface area contributed by atoms with Crippen LogP contribution in [0.4, 0.5) is 0 Å². The van der Waals surface area contributed by atoms with Gasteiger partial charge in [-0.25, -0.2) is 0 Å². The van der Waals surface area contributed by atoms with E-state index in [-0.39, 0.29) is 24.0 Å². The van der Waals surface area contributed by atoms with E-state index in [0.717, 1.165) is 31.2 Å². The Morgan fingerprint density at radius 2 is 1.90 bits per heavy atom. The smallest absolute Gasteiger partial charge is 0.193 e. The Morgan fingerprint density at radius 1 is 1.29 bits per heavy atom. The van der Waals surface area contributed by atoms with Crippen molar-refractivity contribution in [2.75, 3.05) is 34.3 Å². The molecule has 0 spiro atoms. The molecular formula is C16H28IN3O. The summed E-state index contributed by atoms with van der Waals surface area (Å²) in [6, 6.07) is 8.28. The van der Waals surface area contributed by atoms with Crippen molar-refractivity contribution >= 4 is 29.9 Å². The topological polar surface area (TPSA) is 36.9 Å². The van der Waals surface area contributed by atoms with Crippen LogP contribution < -0.4 is 10.1 Å². The second kappa shape index (κ2) is 10.7. The van der Waals surface area contributed by atoms with Crippen LogP contribution in [-0.4, -0.2) is 45.2 Å². The van der Waals surface area contributed by atoms with Crippen molar-refractivity contribution in [1.29, 1.82) is 0 Å². The Labute approximate surface area is 146 Å². The predicted molar refractivity (Wildman–Crippen MR) is 101 cm³/mol. The minimum absolute atomic E-state index is 0. The summed E-state index contributed by atoms with van der Waals surface area (Å²) in [4.78, 5) is 6.63. The largest absolute Gasteiger partial charge is 0.497 e. The Kier molecular flexibility index (Phi) is 10.2. The summed E-state index contributed by atoms with van der Waals surface area (Å²) in [5.74, 6) is 2.35. The van der Waals surface area contributed by atoms with Gasteiger partial charge in [-0.2, -0.15) is 0 Å². The van der Waals surface area contributed by atoms with Crippen LogP contribution in [0.15, 0.2) is 29.3 Å². The molecule has 0 aliphatic heterocycles. The van der Waals surface area contributed by atoms with Crippen molar-refractivity contribution in [1.82, 2.24) is 10.2 Å². The first-order valence-corrected chi connectivity index (χ1v) is 7.18. The van der Waals surface area contributed by atoms with E-state index in [1.165, 1.54) is 5.56 Å². The zero-order valence-electron chi connectivity index (χ0n) is 13.7. The maximum atomic E-state index is 5.18. The maximum Gasteiger partial charge on any atom is 0.193 e. The Balaban J connectivity index is 0.00000400. The van der Waals surface area contributed by atoms with Gasteiger partial charge < -0.3 is 15.0 Å². The summed E-state index contributed by atoms with van der Waals surface area (Å²) in [5, 5.41) is 3.27. The van der Waals surface area contributed by atoms with E-state index < -0.39 is 0 Å². The van der Waals surface area contributed by atoms with Gasteiger partial charge in [-0.05, 0) is 37.0 Å². The van der Waals surface area contributed by atoms with E-state index in [1.54, 1.807) is 7.11 Å². The van der Waals surface area contributed by atoms with Gasteiger partial charge in [0.2, 0.25) is 0 Å². The summed E-state index contributed by atoms with van der Waals surface area (Å²) >= 11 is 0. The zero-order chi connectivity index (χ0) is 15.0. The van der Waals surface area contributed by atoms with Crippen LogP contribution in [0.5, 0.6) is 5.75 Å². The number of nitrogens with one attached hydrogen (secondary N) is 1. The predicted octanol–water partition coefficient (Wildman–Crippen LogP) is 3.33. The second-order valence-electron chi connectivity index (χ2n) is 5.09. The number of ether oxygens (including phenoxy) is 1. The summed E-state index contributed by atoms with van der Waals surface area (Å²) in [5.41, 5.74) is 1.33. The molecule has 0 heterocycles. The van der Waals surface area contributed by atoms with Gasteiger partial charge in [-0.3, -0.25) is 4.99 Å². The number of rotatable bonds is 6. The summed E-state index contributed by atoms with van der Waals surface area (Å²) in [6.07, 6.45) is 1.04. The van der Waals surface area contributed by atoms with Gasteiger partial charge in [-0.1, -0.05) is 19.1 Å². The van der Waals surface area contributed by atoms with E-state index in [1.807, 2.05) is 31.1 Å². The number of hydrogen-bond acceptors (Lipinski definition) is 2. The third-order valence-electron chi connectivity index (χ3n) is 3.27. The SMILES string of the molecule is CCNC(=NCCC(C)c1ccc(OC)cc1)N(C)C.I. The standard InChI is InChI=1S/C16H27N3O.HI/c1-6-17-16(19(3)4)18-12-11-13(2)14-7-9-15(20-5)10-8-14;/h7-10,13H,6,11-12H2,1-5H3,(H,17,18);1H. The molecule has 0 aromatic heterocycles. The second-order valence-corrected chi connectivity index (χ2v) is 5.09. The first kappa shape index (κ1) is 20.0. The molecule has 5 heteroatoms. The Bertz CT molecular complexity index is 418. The minimum Gasteiger partial charge on any atom is -0.497 e.